The van der Waals surface area contributed by atoms with Gasteiger partial charge in [-0.2, -0.15) is 5.26 Å². The highest BCUT2D eigenvalue weighted by atomic mass is 35.5. The first-order chi connectivity index (χ1) is 11.4. The van der Waals surface area contributed by atoms with Crippen molar-refractivity contribution in [3.63, 3.8) is 0 Å². The summed E-state index contributed by atoms with van der Waals surface area (Å²) in [5.74, 6) is 1.74. The van der Waals surface area contributed by atoms with Crippen molar-refractivity contribution in [1.82, 2.24) is 0 Å². The third kappa shape index (κ3) is 4.51. The molecule has 0 amide bonds. The van der Waals surface area contributed by atoms with Crippen molar-refractivity contribution in [2.45, 2.75) is 38.5 Å². The van der Waals surface area contributed by atoms with Crippen molar-refractivity contribution < 1.29 is 14.4 Å². The maximum atomic E-state index is 11.4. The summed E-state index contributed by atoms with van der Waals surface area (Å²) in [6.07, 6.45) is 2.89. The lowest BCUT2D eigenvalue weighted by molar-refractivity contribution is -0.386. The van der Waals surface area contributed by atoms with E-state index in [2.05, 4.69) is 6.07 Å². The van der Waals surface area contributed by atoms with Crippen LogP contribution in [0.3, 0.4) is 0 Å². The Balaban J connectivity index is 2.40. The van der Waals surface area contributed by atoms with Gasteiger partial charge in [-0.25, -0.2) is 0 Å². The Morgan fingerprint density at radius 1 is 1.38 bits per heavy atom. The van der Waals surface area contributed by atoms with Crippen LogP contribution in [0.4, 0.5) is 5.69 Å². The quantitative estimate of drug-likeness (QED) is 0.288. The van der Waals surface area contributed by atoms with Gasteiger partial charge in [-0.3, -0.25) is 10.1 Å². The van der Waals surface area contributed by atoms with Gasteiger partial charge in [-0.1, -0.05) is 0 Å². The molecule has 1 aliphatic carbocycles. The molecule has 130 valence electrons. The monoisotopic (exact) mass is 352 g/mol. The van der Waals surface area contributed by atoms with Gasteiger partial charge in [0, 0.05) is 5.88 Å². The summed E-state index contributed by atoms with van der Waals surface area (Å²) in [6, 6.07) is 5.03. The first-order valence-corrected chi connectivity index (χ1v) is 8.48. The van der Waals surface area contributed by atoms with Crippen LogP contribution in [0.25, 0.3) is 0 Å². The number of nitro benzene ring substituents is 1. The zero-order valence-corrected chi connectivity index (χ0v) is 14.6. The second-order valence-electron chi connectivity index (χ2n) is 6.46. The van der Waals surface area contributed by atoms with Gasteiger partial charge in [-0.15, -0.1) is 11.6 Å². The topological polar surface area (TPSA) is 85.4 Å². The van der Waals surface area contributed by atoms with Gasteiger partial charge in [-0.05, 0) is 45.1 Å². The molecule has 2 rings (SSSR count). The van der Waals surface area contributed by atoms with Crippen LogP contribution in [-0.4, -0.2) is 24.0 Å². The number of rotatable bonds is 9. The third-order valence-corrected chi connectivity index (χ3v) is 4.19. The van der Waals surface area contributed by atoms with E-state index in [9.17, 15) is 15.4 Å². The minimum atomic E-state index is -1.01. The lowest BCUT2D eigenvalue weighted by atomic mass is 9.85. The minimum absolute atomic E-state index is 0.138. The number of ether oxygens (including phenoxy) is 2. The van der Waals surface area contributed by atoms with Gasteiger partial charge in [0.2, 0.25) is 0 Å². The van der Waals surface area contributed by atoms with Crippen LogP contribution in [0.2, 0.25) is 0 Å². The van der Waals surface area contributed by atoms with E-state index in [1.165, 1.54) is 6.07 Å². The number of benzene rings is 1. The summed E-state index contributed by atoms with van der Waals surface area (Å²) in [5.41, 5.74) is -0.818. The molecule has 0 atom stereocenters. The van der Waals surface area contributed by atoms with Crippen LogP contribution >= 0.6 is 11.6 Å². The molecule has 0 heterocycles. The molecule has 0 bridgehead atoms. The standard InChI is InChI=1S/C17H21ClN2O4/c1-17(2,11-19)13-8-15(24-10-12-4-5-12)16(23-7-3-6-18)9-14(13)20(21)22/h8-9,12H,3-7,10H2,1-2H3. The second kappa shape index (κ2) is 7.71. The highest BCUT2D eigenvalue weighted by molar-refractivity contribution is 6.17. The number of halogens is 1. The lowest BCUT2D eigenvalue weighted by Crippen LogP contribution is -2.17. The van der Waals surface area contributed by atoms with E-state index in [-0.39, 0.29) is 5.69 Å². The van der Waals surface area contributed by atoms with Crippen molar-refractivity contribution >= 4 is 17.3 Å². The Kier molecular flexibility index (Phi) is 5.89. The average Bonchev–Trinajstić information content (AvgIpc) is 3.37. The zero-order valence-electron chi connectivity index (χ0n) is 13.9. The van der Waals surface area contributed by atoms with Gasteiger partial charge >= 0.3 is 0 Å². The molecule has 7 heteroatoms. The Morgan fingerprint density at radius 2 is 2.04 bits per heavy atom. The van der Waals surface area contributed by atoms with Crippen LogP contribution in [0, 0.1) is 27.4 Å². The molecular formula is C17H21ClN2O4. The third-order valence-electron chi connectivity index (χ3n) is 3.92. The Morgan fingerprint density at radius 3 is 2.58 bits per heavy atom. The van der Waals surface area contributed by atoms with E-state index in [0.717, 1.165) is 12.8 Å². The smallest absolute Gasteiger partial charge is 0.278 e. The highest BCUT2D eigenvalue weighted by Crippen LogP contribution is 2.41. The number of nitro groups is 1. The summed E-state index contributed by atoms with van der Waals surface area (Å²) >= 11 is 5.65. The molecule has 0 unspecified atom stereocenters. The number of nitrogens with zero attached hydrogens (tertiary/aromatic N) is 2. The van der Waals surface area contributed by atoms with Crippen LogP contribution < -0.4 is 9.47 Å². The molecule has 0 radical (unpaired) electrons. The molecule has 0 aliphatic heterocycles. The van der Waals surface area contributed by atoms with Crippen molar-refractivity contribution in [3.8, 4) is 17.6 Å². The van der Waals surface area contributed by atoms with E-state index in [1.54, 1.807) is 19.9 Å². The summed E-state index contributed by atoms with van der Waals surface area (Å²) in [7, 11) is 0. The van der Waals surface area contributed by atoms with E-state index in [0.29, 0.717) is 48.5 Å². The van der Waals surface area contributed by atoms with Crippen LogP contribution in [0.15, 0.2) is 12.1 Å². The Bertz CT molecular complexity index is 651. The SMILES string of the molecule is CC(C)(C#N)c1cc(OCC2CC2)c(OCCCCl)cc1[N+](=O)[O-]. The molecule has 1 aliphatic rings. The summed E-state index contributed by atoms with van der Waals surface area (Å²) in [6.45, 7) is 4.19. The van der Waals surface area contributed by atoms with Crippen molar-refractivity contribution in [3.05, 3.63) is 27.8 Å². The summed E-state index contributed by atoms with van der Waals surface area (Å²) in [5, 5.41) is 20.8. The molecular weight excluding hydrogens is 332 g/mol. The van der Waals surface area contributed by atoms with E-state index in [1.807, 2.05) is 0 Å². The molecule has 24 heavy (non-hydrogen) atoms. The fraction of sp³-hybridized carbons (Fsp3) is 0.588. The number of hydrogen-bond donors (Lipinski definition) is 0. The first-order valence-electron chi connectivity index (χ1n) is 7.94. The van der Waals surface area contributed by atoms with Crippen molar-refractivity contribution in [1.29, 1.82) is 5.26 Å². The fourth-order valence-corrected chi connectivity index (χ4v) is 2.32. The maximum absolute atomic E-state index is 11.4. The maximum Gasteiger partial charge on any atom is 0.278 e. The molecule has 6 nitrogen and oxygen atoms in total. The molecule has 0 aromatic heterocycles. The van der Waals surface area contributed by atoms with E-state index >= 15 is 0 Å². The predicted octanol–water partition coefficient (Wildman–Crippen LogP) is 4.19. The van der Waals surface area contributed by atoms with Gasteiger partial charge < -0.3 is 9.47 Å². The summed E-state index contributed by atoms with van der Waals surface area (Å²) in [4.78, 5) is 10.9. The largest absolute Gasteiger partial charge is 0.489 e. The fourth-order valence-electron chi connectivity index (χ4n) is 2.22. The number of nitriles is 1. The Hall–Kier alpha value is -2.00. The first kappa shape index (κ1) is 18.3. The second-order valence-corrected chi connectivity index (χ2v) is 6.83. The van der Waals surface area contributed by atoms with Crippen LogP contribution in [0.5, 0.6) is 11.5 Å². The van der Waals surface area contributed by atoms with Gasteiger partial charge in [0.25, 0.3) is 5.69 Å². The zero-order chi connectivity index (χ0) is 17.7. The summed E-state index contributed by atoms with van der Waals surface area (Å²) < 4.78 is 11.4. The predicted molar refractivity (Wildman–Crippen MR) is 90.8 cm³/mol. The molecule has 1 fully saturated rings. The Labute approximate surface area is 146 Å². The number of hydrogen-bond acceptors (Lipinski definition) is 5. The van der Waals surface area contributed by atoms with Gasteiger partial charge in [0.05, 0.1) is 41.3 Å². The molecule has 1 aromatic carbocycles. The van der Waals surface area contributed by atoms with Crippen molar-refractivity contribution in [2.75, 3.05) is 19.1 Å². The highest BCUT2D eigenvalue weighted by Gasteiger charge is 2.32. The van der Waals surface area contributed by atoms with E-state index in [4.69, 9.17) is 21.1 Å². The van der Waals surface area contributed by atoms with Gasteiger partial charge in [0.15, 0.2) is 11.5 Å². The molecule has 1 aromatic rings. The van der Waals surface area contributed by atoms with Crippen molar-refractivity contribution in [2.24, 2.45) is 5.92 Å². The molecule has 1 saturated carbocycles. The van der Waals surface area contributed by atoms with Crippen LogP contribution in [-0.2, 0) is 5.41 Å². The van der Waals surface area contributed by atoms with Crippen LogP contribution in [0.1, 0.15) is 38.7 Å². The van der Waals surface area contributed by atoms with E-state index < -0.39 is 10.3 Å². The molecule has 0 N–H and O–H groups in total. The van der Waals surface area contributed by atoms with Gasteiger partial charge in [0.1, 0.15) is 0 Å². The minimum Gasteiger partial charge on any atom is -0.489 e. The number of alkyl halides is 1. The lowest BCUT2D eigenvalue weighted by Gasteiger charge is -2.19. The average molecular weight is 353 g/mol. The normalized spacial score (nSPS) is 14.1. The molecule has 0 spiro atoms. The molecule has 0 saturated heterocycles.